The van der Waals surface area contributed by atoms with Crippen LogP contribution in [0.2, 0.25) is 0 Å². The Bertz CT molecular complexity index is 1960. The van der Waals surface area contributed by atoms with Gasteiger partial charge in [0.1, 0.15) is 104 Å². The van der Waals surface area contributed by atoms with Gasteiger partial charge < -0.3 is 120 Å². The number of nitrogens with one attached hydrogen (secondary N) is 2. The van der Waals surface area contributed by atoms with E-state index in [4.69, 9.17) is 37.9 Å². The number of hydrogen-bond donors (Lipinski definition) is 16. The predicted molar refractivity (Wildman–Crippen MR) is 351 cm³/mol. The van der Waals surface area contributed by atoms with Gasteiger partial charge in [-0.25, -0.2) is 0 Å². The fraction of sp³-hybridized carbons (Fsp3) is 0.971. The molecule has 26 nitrogen and oxygen atoms in total. The first-order valence-electron chi connectivity index (χ1n) is 36.8. The highest BCUT2D eigenvalue weighted by Gasteiger charge is 2.54. The zero-order chi connectivity index (χ0) is 69.7. The van der Waals surface area contributed by atoms with Crippen molar-refractivity contribution < 1.29 is 119 Å². The quantitative estimate of drug-likeness (QED) is 0.0386. The summed E-state index contributed by atoms with van der Waals surface area (Å²) in [4.78, 5) is 26.3. The summed E-state index contributed by atoms with van der Waals surface area (Å²) < 4.78 is 47.2. The number of aliphatic hydroxyl groups is 14. The fourth-order valence-electron chi connectivity index (χ4n) is 13.1. The van der Waals surface area contributed by atoms with Crippen LogP contribution in [0.4, 0.5) is 0 Å². The Kier molecular flexibility index (Phi) is 43.9. The smallest absolute Gasteiger partial charge is 0.249 e. The van der Waals surface area contributed by atoms with Crippen molar-refractivity contribution in [1.82, 2.24) is 10.6 Å². The van der Waals surface area contributed by atoms with Crippen LogP contribution in [-0.2, 0) is 47.5 Å². The van der Waals surface area contributed by atoms with Crippen molar-refractivity contribution in [3.8, 4) is 0 Å². The minimum absolute atomic E-state index is 0.124. The SMILES string of the molecule is CCCCCCCCCCCCCCCCCCCCCC[C@@H](O)C(=O)N[C@@H](CO[C@H]1O[C@H](CO)[C@H](O)[C@H](O)[C@H]1O[C@H]1O[C@H](CO[C@@H]2O[C@H](CO)[C@H](O)[C@H](O[C@@H]3O[C@@H](C)[C@H](O)[C@@H](O)[C@H]3O)[C@H]2NC(C)=O)[C@H](O)[C@H](O)[C@H]1O)[C@H](O)[C@H](O)CCCCCCCCCCCCCCC. The van der Waals surface area contributed by atoms with Crippen LogP contribution < -0.4 is 10.6 Å². The van der Waals surface area contributed by atoms with Crippen LogP contribution in [-0.4, -0.2) is 257 Å². The van der Waals surface area contributed by atoms with Crippen LogP contribution in [0.3, 0.4) is 0 Å². The molecule has 0 aromatic carbocycles. The highest BCUT2D eigenvalue weighted by molar-refractivity contribution is 5.80. The second-order valence-electron chi connectivity index (χ2n) is 27.4. The summed E-state index contributed by atoms with van der Waals surface area (Å²) >= 11 is 0. The van der Waals surface area contributed by atoms with Gasteiger partial charge in [0.25, 0.3) is 0 Å². The average molecular weight is 1370 g/mol. The van der Waals surface area contributed by atoms with Gasteiger partial charge in [0.15, 0.2) is 25.2 Å². The third-order valence-corrected chi connectivity index (χ3v) is 19.3. The molecule has 4 heterocycles. The molecule has 4 fully saturated rings. The number of carbonyl (C=O) groups excluding carboxylic acids is 2. The normalized spacial score (nSPS) is 32.6. The Labute approximate surface area is 565 Å². The van der Waals surface area contributed by atoms with Crippen molar-refractivity contribution in [3.63, 3.8) is 0 Å². The number of hydrogen-bond acceptors (Lipinski definition) is 24. The first kappa shape index (κ1) is 85.5. The van der Waals surface area contributed by atoms with E-state index in [1.54, 1.807) is 0 Å². The standard InChI is InChI=1S/C69H130N2O24/c1-5-7-9-11-13-15-17-19-20-21-22-23-24-25-27-29-31-33-35-37-39-48(76)65(87)71-46(54(78)47(75)38-36-34-32-30-28-26-18-16-14-12-10-8-6-2)42-88-69-64(60(84)55(79)49(40-72)92-69)95-68-62(86)59(83)56(80)51(93-68)43-89-66-52(70-45(4)74)63(57(81)50(41-73)91-66)94-67-61(85)58(82)53(77)44(3)90-67/h44,46-64,66-69,72-73,75-86H,5-43H2,1-4H3,(H,70,74)(H,71,87)/t44-,46-,47+,48+,49+,50+,51+,52+,53-,54-,55-,56-,57-,58+,59-,60-,61+,62+,63+,64+,66+,67-,68+,69-/m0/s1. The van der Waals surface area contributed by atoms with E-state index in [0.717, 1.165) is 64.7 Å². The van der Waals surface area contributed by atoms with E-state index >= 15 is 0 Å². The van der Waals surface area contributed by atoms with Crippen molar-refractivity contribution in [2.45, 2.75) is 400 Å². The van der Waals surface area contributed by atoms with Gasteiger partial charge in [0.2, 0.25) is 11.8 Å². The highest BCUT2D eigenvalue weighted by atomic mass is 16.8. The zero-order valence-corrected chi connectivity index (χ0v) is 57.8. The van der Waals surface area contributed by atoms with E-state index in [2.05, 4.69) is 24.5 Å². The predicted octanol–water partition coefficient (Wildman–Crippen LogP) is 3.71. The first-order chi connectivity index (χ1) is 45.7. The Morgan fingerprint density at radius 2 is 0.811 bits per heavy atom. The number of unbranched alkanes of at least 4 members (excludes halogenated alkanes) is 31. The van der Waals surface area contributed by atoms with Gasteiger partial charge in [-0.2, -0.15) is 0 Å². The van der Waals surface area contributed by atoms with Crippen molar-refractivity contribution in [2.75, 3.05) is 26.4 Å². The molecule has 0 aromatic heterocycles. The average Bonchev–Trinajstić information content (AvgIpc) is 0.790. The lowest BCUT2D eigenvalue weighted by Gasteiger charge is -2.48. The van der Waals surface area contributed by atoms with Crippen molar-refractivity contribution in [2.24, 2.45) is 0 Å². The minimum atomic E-state index is -2.10. The molecule has 26 heteroatoms. The molecule has 0 radical (unpaired) electrons. The molecule has 4 aliphatic rings. The summed E-state index contributed by atoms with van der Waals surface area (Å²) in [5.74, 6) is -1.55. The van der Waals surface area contributed by atoms with Crippen LogP contribution in [0.25, 0.3) is 0 Å². The van der Waals surface area contributed by atoms with Gasteiger partial charge in [-0.15, -0.1) is 0 Å². The van der Waals surface area contributed by atoms with Crippen LogP contribution in [0.1, 0.15) is 252 Å². The largest absolute Gasteiger partial charge is 0.394 e. The molecule has 0 aliphatic carbocycles. The monoisotopic (exact) mass is 1370 g/mol. The Morgan fingerprint density at radius 3 is 1.27 bits per heavy atom. The third kappa shape index (κ3) is 30.3. The van der Waals surface area contributed by atoms with E-state index in [9.17, 15) is 81.1 Å². The van der Waals surface area contributed by atoms with Gasteiger partial charge in [-0.1, -0.05) is 226 Å². The molecule has 16 N–H and O–H groups in total. The van der Waals surface area contributed by atoms with Crippen molar-refractivity contribution in [3.05, 3.63) is 0 Å². The number of ether oxygens (including phenoxy) is 8. The number of aliphatic hydroxyl groups excluding tert-OH is 14. The molecule has 0 aromatic rings. The third-order valence-electron chi connectivity index (χ3n) is 19.3. The molecule has 2 amide bonds. The molecule has 4 saturated heterocycles. The van der Waals surface area contributed by atoms with E-state index in [1.807, 2.05) is 0 Å². The van der Waals surface area contributed by atoms with Crippen molar-refractivity contribution in [1.29, 1.82) is 0 Å². The summed E-state index contributed by atoms with van der Waals surface area (Å²) in [7, 11) is 0. The van der Waals surface area contributed by atoms with Crippen molar-refractivity contribution >= 4 is 11.8 Å². The van der Waals surface area contributed by atoms with Gasteiger partial charge in [0, 0.05) is 6.92 Å². The van der Waals surface area contributed by atoms with Crippen LogP contribution in [0.5, 0.6) is 0 Å². The lowest BCUT2D eigenvalue weighted by Crippen LogP contribution is -2.68. The number of carbonyl (C=O) groups is 2. The van der Waals surface area contributed by atoms with E-state index < -0.39 is 185 Å². The second-order valence-corrected chi connectivity index (χ2v) is 27.4. The number of amides is 2. The Hall–Kier alpha value is -1.94. The molecular formula is C69H130N2O24. The van der Waals surface area contributed by atoms with E-state index in [-0.39, 0.29) is 12.8 Å². The molecule has 95 heavy (non-hydrogen) atoms. The topological polar surface area (TPSA) is 415 Å². The molecule has 0 unspecified atom stereocenters. The zero-order valence-electron chi connectivity index (χ0n) is 57.8. The second kappa shape index (κ2) is 48.8. The summed E-state index contributed by atoms with van der Waals surface area (Å²) in [5.41, 5.74) is 0. The van der Waals surface area contributed by atoms with E-state index in [1.165, 1.54) is 148 Å². The van der Waals surface area contributed by atoms with Crippen LogP contribution in [0.15, 0.2) is 0 Å². The summed E-state index contributed by atoms with van der Waals surface area (Å²) in [6.45, 7) is 3.80. The van der Waals surface area contributed by atoms with E-state index in [0.29, 0.717) is 12.8 Å². The summed E-state index contributed by atoms with van der Waals surface area (Å²) in [6, 6.07) is -2.93. The fourth-order valence-corrected chi connectivity index (χ4v) is 13.1. The van der Waals surface area contributed by atoms with Gasteiger partial charge >= 0.3 is 0 Å². The lowest BCUT2D eigenvalue weighted by atomic mass is 9.95. The Balaban J connectivity index is 1.38. The van der Waals surface area contributed by atoms with Crippen LogP contribution in [0, 0.1) is 0 Å². The first-order valence-corrected chi connectivity index (χ1v) is 36.8. The molecule has 560 valence electrons. The maximum absolute atomic E-state index is 13.7. The summed E-state index contributed by atoms with van der Waals surface area (Å²) in [6.07, 6.45) is 0.860. The van der Waals surface area contributed by atoms with Gasteiger partial charge in [0.05, 0.1) is 44.7 Å². The highest BCUT2D eigenvalue weighted by Crippen LogP contribution is 2.34. The van der Waals surface area contributed by atoms with Gasteiger partial charge in [-0.3, -0.25) is 9.59 Å². The summed E-state index contributed by atoms with van der Waals surface area (Å²) in [5, 5.41) is 159. The molecule has 0 spiro atoms. The van der Waals surface area contributed by atoms with Crippen LogP contribution >= 0.6 is 0 Å². The minimum Gasteiger partial charge on any atom is -0.394 e. The molecule has 4 aliphatic heterocycles. The molecular weight excluding hydrogens is 1240 g/mol. The molecule has 4 rings (SSSR count). The molecule has 0 bridgehead atoms. The maximum Gasteiger partial charge on any atom is 0.249 e. The molecule has 24 atom stereocenters. The van der Waals surface area contributed by atoms with Gasteiger partial charge in [-0.05, 0) is 19.8 Å². The molecule has 0 saturated carbocycles. The number of rotatable bonds is 52. The Morgan fingerprint density at radius 1 is 0.421 bits per heavy atom. The lowest BCUT2D eigenvalue weighted by molar-refractivity contribution is -0.373. The maximum atomic E-state index is 13.7.